The molecule has 0 aliphatic heterocycles. The van der Waals surface area contributed by atoms with Gasteiger partial charge in [-0.15, -0.1) is 0 Å². The second-order valence-corrected chi connectivity index (χ2v) is 5.58. The van der Waals surface area contributed by atoms with Crippen LogP contribution in [0.2, 0.25) is 5.02 Å². The summed E-state index contributed by atoms with van der Waals surface area (Å²) in [5, 5.41) is 0.782. The van der Waals surface area contributed by atoms with Gasteiger partial charge in [-0.2, -0.15) is 0 Å². The van der Waals surface area contributed by atoms with E-state index in [9.17, 15) is 0 Å². The number of nitrogens with zero attached hydrogens (tertiary/aromatic N) is 1. The third-order valence-electron chi connectivity index (χ3n) is 3.80. The number of hydrogen-bond acceptors (Lipinski definition) is 3. The van der Waals surface area contributed by atoms with Crippen molar-refractivity contribution >= 4 is 11.6 Å². The van der Waals surface area contributed by atoms with Crippen LogP contribution in [-0.2, 0) is 4.74 Å². The molecule has 0 amide bonds. The van der Waals surface area contributed by atoms with Crippen molar-refractivity contribution in [1.82, 2.24) is 4.90 Å². The molecular formula is C16H27ClN2O. The summed E-state index contributed by atoms with van der Waals surface area (Å²) in [7, 11) is 1.73. The van der Waals surface area contributed by atoms with E-state index in [2.05, 4.69) is 31.7 Å². The Labute approximate surface area is 128 Å². The van der Waals surface area contributed by atoms with Gasteiger partial charge in [0, 0.05) is 24.2 Å². The molecule has 0 fully saturated rings. The molecule has 114 valence electrons. The first-order chi connectivity index (χ1) is 9.56. The van der Waals surface area contributed by atoms with Crippen molar-refractivity contribution in [2.75, 3.05) is 20.3 Å². The molecule has 0 saturated carbocycles. The maximum atomic E-state index is 6.39. The molecule has 1 aromatic carbocycles. The molecule has 0 heterocycles. The lowest BCUT2D eigenvalue weighted by molar-refractivity contribution is 0.0629. The number of nitrogens with two attached hydrogens (primary N) is 1. The molecular weight excluding hydrogens is 272 g/mol. The van der Waals surface area contributed by atoms with Crippen LogP contribution in [0.5, 0.6) is 0 Å². The largest absolute Gasteiger partial charge is 0.383 e. The fraction of sp³-hybridized carbons (Fsp3) is 0.625. The number of rotatable bonds is 8. The summed E-state index contributed by atoms with van der Waals surface area (Å²) < 4.78 is 5.30. The second kappa shape index (κ2) is 8.63. The van der Waals surface area contributed by atoms with Crippen molar-refractivity contribution < 1.29 is 4.74 Å². The minimum atomic E-state index is 0.0501. The molecule has 1 aromatic rings. The van der Waals surface area contributed by atoms with Crippen LogP contribution in [0.1, 0.15) is 38.8 Å². The lowest BCUT2D eigenvalue weighted by Gasteiger charge is -2.39. The molecule has 20 heavy (non-hydrogen) atoms. The van der Waals surface area contributed by atoms with E-state index in [1.807, 2.05) is 18.2 Å². The molecule has 0 saturated heterocycles. The Morgan fingerprint density at radius 3 is 2.45 bits per heavy atom. The van der Waals surface area contributed by atoms with E-state index in [0.717, 1.165) is 23.6 Å². The van der Waals surface area contributed by atoms with E-state index in [1.165, 1.54) is 0 Å². The molecule has 4 heteroatoms. The van der Waals surface area contributed by atoms with Crippen LogP contribution in [0.3, 0.4) is 0 Å². The molecule has 0 aromatic heterocycles. The van der Waals surface area contributed by atoms with Crippen LogP contribution in [0.4, 0.5) is 0 Å². The summed E-state index contributed by atoms with van der Waals surface area (Å²) in [6.45, 7) is 8.03. The fourth-order valence-electron chi connectivity index (χ4n) is 2.71. The topological polar surface area (TPSA) is 38.5 Å². The normalized spacial score (nSPS) is 16.1. The van der Waals surface area contributed by atoms with Crippen LogP contribution in [-0.4, -0.2) is 37.2 Å². The van der Waals surface area contributed by atoms with Gasteiger partial charge in [-0.3, -0.25) is 4.90 Å². The number of halogens is 1. The van der Waals surface area contributed by atoms with Crippen molar-refractivity contribution in [3.63, 3.8) is 0 Å². The molecule has 3 atom stereocenters. The van der Waals surface area contributed by atoms with Gasteiger partial charge in [0.15, 0.2) is 0 Å². The van der Waals surface area contributed by atoms with Gasteiger partial charge < -0.3 is 10.5 Å². The van der Waals surface area contributed by atoms with Gasteiger partial charge in [-0.05, 0) is 31.5 Å². The highest BCUT2D eigenvalue weighted by molar-refractivity contribution is 6.31. The first-order valence-electron chi connectivity index (χ1n) is 7.31. The monoisotopic (exact) mass is 298 g/mol. The molecule has 3 nitrogen and oxygen atoms in total. The maximum absolute atomic E-state index is 6.39. The van der Waals surface area contributed by atoms with Gasteiger partial charge in [0.05, 0.1) is 12.6 Å². The van der Waals surface area contributed by atoms with Crippen molar-refractivity contribution in [3.05, 3.63) is 34.9 Å². The average molecular weight is 299 g/mol. The third-order valence-corrected chi connectivity index (χ3v) is 4.14. The zero-order valence-electron chi connectivity index (χ0n) is 13.0. The van der Waals surface area contributed by atoms with Crippen molar-refractivity contribution in [3.8, 4) is 0 Å². The van der Waals surface area contributed by atoms with E-state index >= 15 is 0 Å². The Bertz CT molecular complexity index is 400. The first-order valence-corrected chi connectivity index (χ1v) is 7.69. The lowest BCUT2D eigenvalue weighted by Crippen LogP contribution is -2.46. The predicted molar refractivity (Wildman–Crippen MR) is 86.2 cm³/mol. The van der Waals surface area contributed by atoms with Crippen molar-refractivity contribution in [2.45, 2.75) is 45.3 Å². The van der Waals surface area contributed by atoms with Gasteiger partial charge in [0.25, 0.3) is 0 Å². The number of hydrogen-bond donors (Lipinski definition) is 1. The Hall–Kier alpha value is -0.610. The molecule has 3 unspecified atom stereocenters. The zero-order valence-corrected chi connectivity index (χ0v) is 13.7. The summed E-state index contributed by atoms with van der Waals surface area (Å²) >= 11 is 6.39. The van der Waals surface area contributed by atoms with Gasteiger partial charge in [-0.1, -0.05) is 43.6 Å². The van der Waals surface area contributed by atoms with Gasteiger partial charge in [0.1, 0.15) is 0 Å². The Morgan fingerprint density at radius 2 is 1.95 bits per heavy atom. The van der Waals surface area contributed by atoms with Crippen molar-refractivity contribution in [1.29, 1.82) is 0 Å². The number of likely N-dealkylation sites (N-methyl/N-ethyl adjacent to an activating group) is 1. The van der Waals surface area contributed by atoms with Crippen LogP contribution in [0.25, 0.3) is 0 Å². The highest BCUT2D eigenvalue weighted by atomic mass is 35.5. The van der Waals surface area contributed by atoms with E-state index in [1.54, 1.807) is 7.11 Å². The smallest absolute Gasteiger partial charge is 0.0615 e. The standard InChI is InChI=1S/C16H27ClN2O/c1-5-15(18)16(13-9-7-8-10-14(13)17)19(6-2)12(3)11-20-4/h7-10,12,15-16H,5-6,11,18H2,1-4H3. The quantitative estimate of drug-likeness (QED) is 0.798. The Kier molecular flexibility index (Phi) is 7.52. The summed E-state index contributed by atoms with van der Waals surface area (Å²) in [6.07, 6.45) is 0.909. The van der Waals surface area contributed by atoms with Gasteiger partial charge >= 0.3 is 0 Å². The molecule has 0 spiro atoms. The molecule has 2 N–H and O–H groups in total. The molecule has 0 bridgehead atoms. The Morgan fingerprint density at radius 1 is 1.30 bits per heavy atom. The SMILES string of the molecule is CCC(N)C(c1ccccc1Cl)N(CC)C(C)COC. The van der Waals surface area contributed by atoms with Crippen molar-refractivity contribution in [2.24, 2.45) is 5.73 Å². The predicted octanol–water partition coefficient (Wildman–Crippen LogP) is 3.48. The fourth-order valence-corrected chi connectivity index (χ4v) is 2.96. The van der Waals surface area contributed by atoms with E-state index in [4.69, 9.17) is 22.1 Å². The summed E-state index contributed by atoms with van der Waals surface area (Å²) in [4.78, 5) is 2.37. The van der Waals surface area contributed by atoms with E-state index < -0.39 is 0 Å². The third kappa shape index (κ3) is 4.19. The van der Waals surface area contributed by atoms with Crippen LogP contribution in [0, 0.1) is 0 Å². The highest BCUT2D eigenvalue weighted by Gasteiger charge is 2.29. The Balaban J connectivity index is 3.14. The van der Waals surface area contributed by atoms with Gasteiger partial charge in [-0.25, -0.2) is 0 Å². The summed E-state index contributed by atoms with van der Waals surface area (Å²) in [5.74, 6) is 0. The molecule has 0 radical (unpaired) electrons. The zero-order chi connectivity index (χ0) is 15.1. The number of methoxy groups -OCH3 is 1. The minimum absolute atomic E-state index is 0.0501. The average Bonchev–Trinajstić information content (AvgIpc) is 2.45. The second-order valence-electron chi connectivity index (χ2n) is 5.17. The maximum Gasteiger partial charge on any atom is 0.0615 e. The van der Waals surface area contributed by atoms with Gasteiger partial charge in [0.2, 0.25) is 0 Å². The molecule has 0 aliphatic carbocycles. The summed E-state index contributed by atoms with van der Waals surface area (Å²) in [5.41, 5.74) is 7.49. The number of benzene rings is 1. The van der Waals surface area contributed by atoms with E-state index in [0.29, 0.717) is 12.6 Å². The van der Waals surface area contributed by atoms with E-state index in [-0.39, 0.29) is 12.1 Å². The first kappa shape index (κ1) is 17.4. The lowest BCUT2D eigenvalue weighted by atomic mass is 9.95. The summed E-state index contributed by atoms with van der Waals surface area (Å²) in [6, 6.07) is 8.44. The van der Waals surface area contributed by atoms with Crippen LogP contribution < -0.4 is 5.73 Å². The number of ether oxygens (including phenoxy) is 1. The minimum Gasteiger partial charge on any atom is -0.383 e. The molecule has 0 aliphatic rings. The van der Waals surface area contributed by atoms with Crippen LogP contribution >= 0.6 is 11.6 Å². The highest BCUT2D eigenvalue weighted by Crippen LogP contribution is 2.31. The van der Waals surface area contributed by atoms with Crippen LogP contribution in [0.15, 0.2) is 24.3 Å². The molecule has 1 rings (SSSR count).